The standard InChI is InChI=1S/C31H31F3N4O3/c1-19-4-5-21(16-20(19)6-7-22-18-36-29-25(10-13-35-29)28(22)40-3)30(39)37-23-8-9-27(26(17-23)31(32,33)34)41-24-11-14-38(2)15-12-24/h4-10,13,16-18,24H,11-12,14-15H2,1-3H3,(H,35,36)(H,37,39)/b7-6+. The van der Waals surface area contributed by atoms with Gasteiger partial charge in [0.25, 0.3) is 5.91 Å². The summed E-state index contributed by atoms with van der Waals surface area (Å²) in [5.74, 6) is -0.0805. The molecule has 41 heavy (non-hydrogen) atoms. The second-order valence-electron chi connectivity index (χ2n) is 10.2. The zero-order valence-electron chi connectivity index (χ0n) is 23.0. The molecule has 3 heterocycles. The number of nitrogens with one attached hydrogen (secondary N) is 2. The number of carbonyl (C=O) groups excluding carboxylic acids is 1. The lowest BCUT2D eigenvalue weighted by Crippen LogP contribution is -2.36. The number of piperidine rings is 1. The predicted molar refractivity (Wildman–Crippen MR) is 153 cm³/mol. The summed E-state index contributed by atoms with van der Waals surface area (Å²) in [7, 11) is 3.56. The van der Waals surface area contributed by atoms with Crippen LogP contribution in [-0.2, 0) is 6.18 Å². The van der Waals surface area contributed by atoms with Gasteiger partial charge in [-0.15, -0.1) is 0 Å². The SMILES string of the molecule is COc1c(/C=C/c2cc(C(=O)Nc3ccc(OC4CCN(C)CC4)c(C(F)(F)F)c3)ccc2C)cnc2[nH]ccc12. The number of aryl methyl sites for hydroxylation is 1. The molecule has 2 aromatic carbocycles. The Morgan fingerprint density at radius 3 is 2.59 bits per heavy atom. The number of likely N-dealkylation sites (tertiary alicyclic amines) is 1. The molecule has 0 radical (unpaired) electrons. The number of methoxy groups -OCH3 is 1. The Bertz CT molecular complexity index is 1590. The molecular formula is C31H31F3N4O3. The first kappa shape index (κ1) is 28.2. The molecule has 5 rings (SSSR count). The number of H-pyrrole nitrogens is 1. The summed E-state index contributed by atoms with van der Waals surface area (Å²) >= 11 is 0. The number of nitrogens with zero attached hydrogens (tertiary/aromatic N) is 2. The molecule has 0 atom stereocenters. The molecule has 0 unspecified atom stereocenters. The van der Waals surface area contributed by atoms with Gasteiger partial charge in [0, 0.05) is 42.3 Å². The smallest absolute Gasteiger partial charge is 0.420 e. The molecule has 1 aliphatic rings. The molecule has 1 fully saturated rings. The summed E-state index contributed by atoms with van der Waals surface area (Å²) < 4.78 is 53.1. The molecule has 1 amide bonds. The van der Waals surface area contributed by atoms with Crippen LogP contribution in [-0.4, -0.2) is 54.1 Å². The van der Waals surface area contributed by atoms with Crippen molar-refractivity contribution in [3.63, 3.8) is 0 Å². The number of anilines is 1. The van der Waals surface area contributed by atoms with Crippen LogP contribution in [0.4, 0.5) is 18.9 Å². The van der Waals surface area contributed by atoms with Crippen molar-refractivity contribution in [2.75, 3.05) is 32.6 Å². The van der Waals surface area contributed by atoms with Crippen LogP contribution in [0, 0.1) is 6.92 Å². The third-order valence-corrected chi connectivity index (χ3v) is 7.25. The van der Waals surface area contributed by atoms with E-state index in [9.17, 15) is 18.0 Å². The van der Waals surface area contributed by atoms with E-state index >= 15 is 0 Å². The molecule has 4 aromatic rings. The van der Waals surface area contributed by atoms with Crippen LogP contribution in [0.5, 0.6) is 11.5 Å². The molecule has 10 heteroatoms. The van der Waals surface area contributed by atoms with Crippen LogP contribution in [0.3, 0.4) is 0 Å². The van der Waals surface area contributed by atoms with Crippen molar-refractivity contribution in [3.05, 3.63) is 82.7 Å². The highest BCUT2D eigenvalue weighted by atomic mass is 19.4. The number of halogens is 3. The molecule has 0 bridgehead atoms. The highest BCUT2D eigenvalue weighted by molar-refractivity contribution is 6.05. The number of aromatic nitrogens is 2. The average molecular weight is 565 g/mol. The van der Waals surface area contributed by atoms with E-state index in [1.807, 2.05) is 32.2 Å². The summed E-state index contributed by atoms with van der Waals surface area (Å²) in [6, 6.07) is 10.6. The molecule has 0 saturated carbocycles. The Morgan fingerprint density at radius 2 is 1.85 bits per heavy atom. The van der Waals surface area contributed by atoms with Gasteiger partial charge in [0.15, 0.2) is 0 Å². The van der Waals surface area contributed by atoms with Gasteiger partial charge >= 0.3 is 6.18 Å². The fourth-order valence-corrected chi connectivity index (χ4v) is 4.90. The van der Waals surface area contributed by atoms with Gasteiger partial charge in [0.2, 0.25) is 0 Å². The average Bonchev–Trinajstić information content (AvgIpc) is 3.43. The molecule has 0 aliphatic carbocycles. The Labute approximate surface area is 236 Å². The molecule has 7 nitrogen and oxygen atoms in total. The highest BCUT2D eigenvalue weighted by Crippen LogP contribution is 2.39. The lowest BCUT2D eigenvalue weighted by Gasteiger charge is -2.30. The Balaban J connectivity index is 1.35. The fraction of sp³-hybridized carbons (Fsp3) is 0.290. The van der Waals surface area contributed by atoms with E-state index in [-0.39, 0.29) is 17.5 Å². The van der Waals surface area contributed by atoms with Gasteiger partial charge in [-0.1, -0.05) is 12.1 Å². The van der Waals surface area contributed by atoms with Gasteiger partial charge < -0.3 is 24.7 Å². The van der Waals surface area contributed by atoms with Crippen molar-refractivity contribution < 1.29 is 27.4 Å². The van der Waals surface area contributed by atoms with Crippen molar-refractivity contribution in [2.45, 2.75) is 32.0 Å². The largest absolute Gasteiger partial charge is 0.495 e. The quantitative estimate of drug-likeness (QED) is 0.258. The maximum Gasteiger partial charge on any atom is 0.420 e. The van der Waals surface area contributed by atoms with Crippen molar-refractivity contribution in [2.24, 2.45) is 0 Å². The number of alkyl halides is 3. The van der Waals surface area contributed by atoms with E-state index in [4.69, 9.17) is 9.47 Å². The van der Waals surface area contributed by atoms with Crippen molar-refractivity contribution in [1.29, 1.82) is 0 Å². The number of aromatic amines is 1. The molecule has 0 spiro atoms. The fourth-order valence-electron chi connectivity index (χ4n) is 4.90. The normalized spacial score (nSPS) is 15.0. The van der Waals surface area contributed by atoms with Crippen LogP contribution in [0.15, 0.2) is 54.9 Å². The van der Waals surface area contributed by atoms with Crippen molar-refractivity contribution >= 4 is 34.8 Å². The van der Waals surface area contributed by atoms with Crippen molar-refractivity contribution in [1.82, 2.24) is 14.9 Å². The topological polar surface area (TPSA) is 79.5 Å². The van der Waals surface area contributed by atoms with E-state index < -0.39 is 17.6 Å². The number of benzene rings is 2. The minimum Gasteiger partial charge on any atom is -0.495 e. The second-order valence-corrected chi connectivity index (χ2v) is 10.2. The molecule has 214 valence electrons. The molecule has 1 aliphatic heterocycles. The van der Waals surface area contributed by atoms with E-state index in [2.05, 4.69) is 20.2 Å². The first-order chi connectivity index (χ1) is 19.6. The summed E-state index contributed by atoms with van der Waals surface area (Å²) in [6.07, 6.45) is 3.56. The summed E-state index contributed by atoms with van der Waals surface area (Å²) in [5.41, 5.74) is 2.59. The van der Waals surface area contributed by atoms with Gasteiger partial charge in [0.05, 0.1) is 18.1 Å². The van der Waals surface area contributed by atoms with E-state index in [1.165, 1.54) is 12.1 Å². The lowest BCUT2D eigenvalue weighted by atomic mass is 10.0. The summed E-state index contributed by atoms with van der Waals surface area (Å²) in [4.78, 5) is 22.6. The van der Waals surface area contributed by atoms with Crippen LogP contribution in [0.2, 0.25) is 0 Å². The number of hydrogen-bond donors (Lipinski definition) is 2. The third-order valence-electron chi connectivity index (χ3n) is 7.25. The second kappa shape index (κ2) is 11.7. The van der Waals surface area contributed by atoms with E-state index in [1.54, 1.807) is 37.7 Å². The Hall–Kier alpha value is -4.31. The summed E-state index contributed by atoms with van der Waals surface area (Å²) in [6.45, 7) is 3.44. The number of pyridine rings is 1. The minimum absolute atomic E-state index is 0.0336. The van der Waals surface area contributed by atoms with Crippen LogP contribution >= 0.6 is 0 Å². The maximum absolute atomic E-state index is 13.9. The van der Waals surface area contributed by atoms with E-state index in [0.29, 0.717) is 29.8 Å². The molecular weight excluding hydrogens is 533 g/mol. The van der Waals surface area contributed by atoms with Crippen LogP contribution in [0.1, 0.15) is 45.5 Å². The van der Waals surface area contributed by atoms with Crippen molar-refractivity contribution in [3.8, 4) is 11.5 Å². The van der Waals surface area contributed by atoms with Crippen LogP contribution in [0.25, 0.3) is 23.2 Å². The van der Waals surface area contributed by atoms with Crippen LogP contribution < -0.4 is 14.8 Å². The van der Waals surface area contributed by atoms with Gasteiger partial charge in [-0.2, -0.15) is 13.2 Å². The van der Waals surface area contributed by atoms with Gasteiger partial charge in [0.1, 0.15) is 23.3 Å². The first-order valence-electron chi connectivity index (χ1n) is 13.3. The highest BCUT2D eigenvalue weighted by Gasteiger charge is 2.36. The molecule has 2 N–H and O–H groups in total. The zero-order chi connectivity index (χ0) is 29.1. The Kier molecular flexibility index (Phi) is 8.03. The third kappa shape index (κ3) is 6.38. The number of rotatable bonds is 7. The van der Waals surface area contributed by atoms with Gasteiger partial charge in [-0.25, -0.2) is 4.98 Å². The van der Waals surface area contributed by atoms with E-state index in [0.717, 1.165) is 41.2 Å². The summed E-state index contributed by atoms with van der Waals surface area (Å²) in [5, 5.41) is 3.45. The maximum atomic E-state index is 13.9. The number of amides is 1. The first-order valence-corrected chi connectivity index (χ1v) is 13.3. The van der Waals surface area contributed by atoms with Gasteiger partial charge in [-0.05, 0) is 80.4 Å². The Morgan fingerprint density at radius 1 is 1.10 bits per heavy atom. The number of hydrogen-bond acceptors (Lipinski definition) is 5. The zero-order valence-corrected chi connectivity index (χ0v) is 23.0. The van der Waals surface area contributed by atoms with Gasteiger partial charge in [-0.3, -0.25) is 4.79 Å². The number of fused-ring (bicyclic) bond motifs is 1. The number of carbonyl (C=O) groups is 1. The lowest BCUT2D eigenvalue weighted by molar-refractivity contribution is -0.139. The molecule has 2 aromatic heterocycles. The minimum atomic E-state index is -4.64. The molecule has 1 saturated heterocycles. The monoisotopic (exact) mass is 564 g/mol. The predicted octanol–water partition coefficient (Wildman–Crippen LogP) is 6.79. The number of ether oxygens (including phenoxy) is 2.